The standard InChI is InChI=1S/C13H24N4O3.ClH/c1-9(14)6-7-15-10(18)5-4-8-17-11(19)13(2,3)16-12(17)20;/h9H,4-8,14H2,1-3H3,(H,15,18)(H,16,20);1H. The number of nitrogens with zero attached hydrogens (tertiary/aromatic N) is 1. The van der Waals surface area contributed by atoms with Crippen molar-refractivity contribution in [3.8, 4) is 0 Å². The van der Waals surface area contributed by atoms with Crippen LogP contribution in [0.3, 0.4) is 0 Å². The van der Waals surface area contributed by atoms with Gasteiger partial charge in [-0.05, 0) is 33.6 Å². The van der Waals surface area contributed by atoms with Gasteiger partial charge in [0.25, 0.3) is 5.91 Å². The largest absolute Gasteiger partial charge is 0.356 e. The quantitative estimate of drug-likeness (QED) is 0.589. The third-order valence-electron chi connectivity index (χ3n) is 3.15. The molecule has 0 radical (unpaired) electrons. The number of hydrogen-bond acceptors (Lipinski definition) is 4. The number of imide groups is 1. The molecule has 0 bridgehead atoms. The molecular formula is C13H25ClN4O3. The van der Waals surface area contributed by atoms with Gasteiger partial charge in [0, 0.05) is 25.6 Å². The molecule has 1 aliphatic heterocycles. The summed E-state index contributed by atoms with van der Waals surface area (Å²) in [4.78, 5) is 36.2. The smallest absolute Gasteiger partial charge is 0.325 e. The summed E-state index contributed by atoms with van der Waals surface area (Å²) in [5.41, 5.74) is 4.73. The summed E-state index contributed by atoms with van der Waals surface area (Å²) in [5.74, 6) is -0.336. The average molecular weight is 321 g/mol. The van der Waals surface area contributed by atoms with Crippen LogP contribution in [-0.4, -0.2) is 47.4 Å². The zero-order valence-electron chi connectivity index (χ0n) is 12.8. The van der Waals surface area contributed by atoms with Gasteiger partial charge in [-0.1, -0.05) is 0 Å². The molecule has 0 aliphatic carbocycles. The summed E-state index contributed by atoms with van der Waals surface area (Å²) in [7, 11) is 0. The summed E-state index contributed by atoms with van der Waals surface area (Å²) in [5, 5.41) is 5.36. The van der Waals surface area contributed by atoms with Gasteiger partial charge in [-0.2, -0.15) is 0 Å². The Balaban J connectivity index is 0.00000400. The number of amides is 4. The Labute approximate surface area is 131 Å². The van der Waals surface area contributed by atoms with Crippen LogP contribution < -0.4 is 16.4 Å². The zero-order chi connectivity index (χ0) is 15.3. The maximum atomic E-state index is 11.9. The predicted molar refractivity (Wildman–Crippen MR) is 82.1 cm³/mol. The summed E-state index contributed by atoms with van der Waals surface area (Å²) in [6.07, 6.45) is 1.47. The Kier molecular flexibility index (Phi) is 7.67. The third kappa shape index (κ3) is 5.89. The van der Waals surface area contributed by atoms with Crippen LogP contribution in [0.1, 0.15) is 40.0 Å². The summed E-state index contributed by atoms with van der Waals surface area (Å²) in [6, 6.07) is -0.333. The van der Waals surface area contributed by atoms with Crippen molar-refractivity contribution in [2.24, 2.45) is 5.73 Å². The molecule has 1 unspecified atom stereocenters. The van der Waals surface area contributed by atoms with E-state index in [9.17, 15) is 14.4 Å². The normalized spacial score (nSPS) is 18.0. The van der Waals surface area contributed by atoms with Crippen molar-refractivity contribution in [2.75, 3.05) is 13.1 Å². The first-order valence-corrected chi connectivity index (χ1v) is 6.90. The van der Waals surface area contributed by atoms with Gasteiger partial charge in [-0.25, -0.2) is 4.79 Å². The molecule has 7 nitrogen and oxygen atoms in total. The van der Waals surface area contributed by atoms with Crippen molar-refractivity contribution >= 4 is 30.3 Å². The van der Waals surface area contributed by atoms with Crippen LogP contribution in [0.15, 0.2) is 0 Å². The van der Waals surface area contributed by atoms with Gasteiger partial charge < -0.3 is 16.4 Å². The van der Waals surface area contributed by atoms with E-state index in [4.69, 9.17) is 5.73 Å². The second kappa shape index (κ2) is 8.19. The SMILES string of the molecule is CC(N)CCNC(=O)CCCN1C(=O)NC(C)(C)C1=O.Cl. The van der Waals surface area contributed by atoms with E-state index in [0.29, 0.717) is 13.0 Å². The summed E-state index contributed by atoms with van der Waals surface area (Å²) >= 11 is 0. The lowest BCUT2D eigenvalue weighted by Gasteiger charge is -2.15. The van der Waals surface area contributed by atoms with Crippen LogP contribution in [0, 0.1) is 0 Å². The van der Waals surface area contributed by atoms with Gasteiger partial charge in [0.05, 0.1) is 0 Å². The van der Waals surface area contributed by atoms with Gasteiger partial charge in [-0.15, -0.1) is 12.4 Å². The van der Waals surface area contributed by atoms with Crippen LogP contribution in [0.5, 0.6) is 0 Å². The van der Waals surface area contributed by atoms with E-state index >= 15 is 0 Å². The minimum absolute atomic E-state index is 0. The number of nitrogens with one attached hydrogen (secondary N) is 2. The van der Waals surface area contributed by atoms with Crippen molar-refractivity contribution in [1.29, 1.82) is 0 Å². The Hall–Kier alpha value is -1.34. The van der Waals surface area contributed by atoms with Crippen LogP contribution >= 0.6 is 12.4 Å². The number of rotatable bonds is 7. The highest BCUT2D eigenvalue weighted by molar-refractivity contribution is 6.06. The minimum Gasteiger partial charge on any atom is -0.356 e. The minimum atomic E-state index is -0.851. The van der Waals surface area contributed by atoms with E-state index in [1.165, 1.54) is 0 Å². The predicted octanol–water partition coefficient (Wildman–Crippen LogP) is 0.372. The monoisotopic (exact) mass is 320 g/mol. The molecular weight excluding hydrogens is 296 g/mol. The molecule has 1 atom stereocenters. The van der Waals surface area contributed by atoms with Crippen LogP contribution in [-0.2, 0) is 9.59 Å². The lowest BCUT2D eigenvalue weighted by atomic mass is 10.1. The second-order valence-corrected chi connectivity index (χ2v) is 5.73. The Morgan fingerprint density at radius 2 is 2.05 bits per heavy atom. The van der Waals surface area contributed by atoms with Gasteiger partial charge >= 0.3 is 6.03 Å². The molecule has 1 saturated heterocycles. The van der Waals surface area contributed by atoms with Crippen molar-refractivity contribution in [3.63, 3.8) is 0 Å². The molecule has 1 heterocycles. The highest BCUT2D eigenvalue weighted by atomic mass is 35.5. The number of hydrogen-bond donors (Lipinski definition) is 3. The molecule has 0 aromatic carbocycles. The molecule has 4 amide bonds. The van der Waals surface area contributed by atoms with Crippen LogP contribution in [0.2, 0.25) is 0 Å². The molecule has 1 rings (SSSR count). The molecule has 122 valence electrons. The number of nitrogens with two attached hydrogens (primary N) is 1. The molecule has 1 aliphatic rings. The van der Waals surface area contributed by atoms with E-state index in [1.54, 1.807) is 13.8 Å². The van der Waals surface area contributed by atoms with Gasteiger partial charge in [0.2, 0.25) is 5.91 Å². The van der Waals surface area contributed by atoms with Gasteiger partial charge in [0.15, 0.2) is 0 Å². The van der Waals surface area contributed by atoms with Crippen molar-refractivity contribution in [3.05, 3.63) is 0 Å². The zero-order valence-corrected chi connectivity index (χ0v) is 13.6. The molecule has 0 aromatic heterocycles. The highest BCUT2D eigenvalue weighted by Crippen LogP contribution is 2.16. The Morgan fingerprint density at radius 3 is 2.52 bits per heavy atom. The maximum Gasteiger partial charge on any atom is 0.325 e. The average Bonchev–Trinajstić information content (AvgIpc) is 2.50. The summed E-state index contributed by atoms with van der Waals surface area (Å²) < 4.78 is 0. The first-order valence-electron chi connectivity index (χ1n) is 6.90. The van der Waals surface area contributed by atoms with Crippen LogP contribution in [0.4, 0.5) is 4.79 Å². The molecule has 8 heteroatoms. The van der Waals surface area contributed by atoms with Crippen molar-refractivity contribution in [1.82, 2.24) is 15.5 Å². The van der Waals surface area contributed by atoms with Gasteiger partial charge in [-0.3, -0.25) is 14.5 Å². The first kappa shape index (κ1) is 19.7. The number of carbonyl (C=O) groups is 3. The molecule has 4 N–H and O–H groups in total. The van der Waals surface area contributed by atoms with Crippen molar-refractivity contribution < 1.29 is 14.4 Å². The number of carbonyl (C=O) groups excluding carboxylic acids is 3. The molecule has 0 aromatic rings. The Bertz CT molecular complexity index is 399. The highest BCUT2D eigenvalue weighted by Gasteiger charge is 2.43. The van der Waals surface area contributed by atoms with E-state index in [-0.39, 0.29) is 43.2 Å². The lowest BCUT2D eigenvalue weighted by Crippen LogP contribution is -2.40. The van der Waals surface area contributed by atoms with E-state index in [1.807, 2.05) is 6.92 Å². The lowest BCUT2D eigenvalue weighted by molar-refractivity contribution is -0.130. The number of urea groups is 1. The molecule has 1 fully saturated rings. The maximum absolute atomic E-state index is 11.9. The molecule has 0 saturated carbocycles. The molecule has 21 heavy (non-hydrogen) atoms. The van der Waals surface area contributed by atoms with E-state index < -0.39 is 11.6 Å². The summed E-state index contributed by atoms with van der Waals surface area (Å²) in [6.45, 7) is 6.01. The van der Waals surface area contributed by atoms with E-state index in [0.717, 1.165) is 11.3 Å². The topological polar surface area (TPSA) is 105 Å². The first-order chi connectivity index (χ1) is 9.24. The fourth-order valence-electron chi connectivity index (χ4n) is 1.95. The third-order valence-corrected chi connectivity index (χ3v) is 3.15. The number of halogens is 1. The Morgan fingerprint density at radius 1 is 1.43 bits per heavy atom. The molecule has 0 spiro atoms. The fourth-order valence-corrected chi connectivity index (χ4v) is 1.95. The fraction of sp³-hybridized carbons (Fsp3) is 0.769. The van der Waals surface area contributed by atoms with E-state index in [2.05, 4.69) is 10.6 Å². The van der Waals surface area contributed by atoms with Crippen LogP contribution in [0.25, 0.3) is 0 Å². The second-order valence-electron chi connectivity index (χ2n) is 5.73. The van der Waals surface area contributed by atoms with Gasteiger partial charge in [0.1, 0.15) is 5.54 Å². The van der Waals surface area contributed by atoms with Crippen molar-refractivity contribution in [2.45, 2.75) is 51.6 Å².